The molecule has 0 unspecified atom stereocenters. The van der Waals surface area contributed by atoms with E-state index in [0.717, 1.165) is 28.9 Å². The SMILES string of the molecule is CCC1CCC(NC(=O)c2cc(Br)cn2C)CC1. The molecule has 0 aromatic carbocycles. The number of hydrogen-bond acceptors (Lipinski definition) is 1. The van der Waals surface area contributed by atoms with Crippen LogP contribution < -0.4 is 5.32 Å². The summed E-state index contributed by atoms with van der Waals surface area (Å²) >= 11 is 3.39. The third-order valence-electron chi connectivity index (χ3n) is 3.96. The fourth-order valence-electron chi connectivity index (χ4n) is 2.72. The number of halogens is 1. The minimum absolute atomic E-state index is 0.0446. The van der Waals surface area contributed by atoms with Crippen LogP contribution in [0.2, 0.25) is 0 Å². The van der Waals surface area contributed by atoms with Crippen molar-refractivity contribution in [2.24, 2.45) is 13.0 Å². The molecule has 0 spiro atoms. The van der Waals surface area contributed by atoms with Crippen LogP contribution in [0.3, 0.4) is 0 Å². The number of amides is 1. The molecular formula is C14H21BrN2O. The van der Waals surface area contributed by atoms with Crippen molar-refractivity contribution in [2.45, 2.75) is 45.1 Å². The topological polar surface area (TPSA) is 34.0 Å². The number of nitrogens with zero attached hydrogens (tertiary/aromatic N) is 1. The summed E-state index contributed by atoms with van der Waals surface area (Å²) in [4.78, 5) is 12.1. The van der Waals surface area contributed by atoms with E-state index in [-0.39, 0.29) is 5.91 Å². The Morgan fingerprint density at radius 3 is 2.61 bits per heavy atom. The van der Waals surface area contributed by atoms with Crippen LogP contribution in [0.25, 0.3) is 0 Å². The first kappa shape index (κ1) is 13.7. The van der Waals surface area contributed by atoms with Crippen LogP contribution in [-0.4, -0.2) is 16.5 Å². The average molecular weight is 313 g/mol. The van der Waals surface area contributed by atoms with Gasteiger partial charge in [-0.1, -0.05) is 13.3 Å². The van der Waals surface area contributed by atoms with E-state index >= 15 is 0 Å². The Labute approximate surface area is 117 Å². The minimum atomic E-state index is 0.0446. The van der Waals surface area contributed by atoms with Gasteiger partial charge in [0.2, 0.25) is 0 Å². The predicted molar refractivity (Wildman–Crippen MR) is 76.6 cm³/mol. The summed E-state index contributed by atoms with van der Waals surface area (Å²) < 4.78 is 2.81. The molecule has 0 bridgehead atoms. The molecule has 1 amide bonds. The van der Waals surface area contributed by atoms with Gasteiger partial charge in [0.25, 0.3) is 5.91 Å². The van der Waals surface area contributed by atoms with Gasteiger partial charge in [-0.15, -0.1) is 0 Å². The van der Waals surface area contributed by atoms with Crippen LogP contribution in [-0.2, 0) is 7.05 Å². The molecule has 1 aromatic heterocycles. The molecule has 18 heavy (non-hydrogen) atoms. The van der Waals surface area contributed by atoms with E-state index in [2.05, 4.69) is 28.2 Å². The summed E-state index contributed by atoms with van der Waals surface area (Å²) in [5.74, 6) is 0.908. The Hall–Kier alpha value is -0.770. The van der Waals surface area contributed by atoms with E-state index in [1.807, 2.05) is 23.9 Å². The molecule has 1 aliphatic rings. The van der Waals surface area contributed by atoms with E-state index in [1.54, 1.807) is 0 Å². The molecular weight excluding hydrogens is 292 g/mol. The molecule has 100 valence electrons. The maximum atomic E-state index is 12.1. The van der Waals surface area contributed by atoms with E-state index in [9.17, 15) is 4.79 Å². The van der Waals surface area contributed by atoms with Crippen molar-refractivity contribution in [3.63, 3.8) is 0 Å². The number of aryl methyl sites for hydroxylation is 1. The minimum Gasteiger partial charge on any atom is -0.348 e. The molecule has 1 N–H and O–H groups in total. The molecule has 0 aliphatic heterocycles. The summed E-state index contributed by atoms with van der Waals surface area (Å²) in [7, 11) is 1.90. The molecule has 0 radical (unpaired) electrons. The van der Waals surface area contributed by atoms with Crippen LogP contribution in [0, 0.1) is 5.92 Å². The lowest BCUT2D eigenvalue weighted by atomic mass is 9.84. The summed E-state index contributed by atoms with van der Waals surface area (Å²) in [6, 6.07) is 2.22. The van der Waals surface area contributed by atoms with Crippen molar-refractivity contribution in [1.29, 1.82) is 0 Å². The lowest BCUT2D eigenvalue weighted by Crippen LogP contribution is -2.38. The molecule has 1 fully saturated rings. The van der Waals surface area contributed by atoms with Gasteiger partial charge in [0.1, 0.15) is 5.69 Å². The predicted octanol–water partition coefficient (Wildman–Crippen LogP) is 3.49. The van der Waals surface area contributed by atoms with Gasteiger partial charge in [-0.2, -0.15) is 0 Å². The Kier molecular flexibility index (Phi) is 4.49. The molecule has 3 nitrogen and oxygen atoms in total. The Morgan fingerprint density at radius 2 is 2.11 bits per heavy atom. The number of hydrogen-bond donors (Lipinski definition) is 1. The fraction of sp³-hybridized carbons (Fsp3) is 0.643. The second-order valence-electron chi connectivity index (χ2n) is 5.25. The van der Waals surface area contributed by atoms with Crippen LogP contribution in [0.5, 0.6) is 0 Å². The molecule has 1 aliphatic carbocycles. The van der Waals surface area contributed by atoms with Crippen LogP contribution >= 0.6 is 15.9 Å². The first-order chi connectivity index (χ1) is 8.60. The third-order valence-corrected chi connectivity index (χ3v) is 4.40. The molecule has 2 rings (SSSR count). The van der Waals surface area contributed by atoms with Crippen LogP contribution in [0.1, 0.15) is 49.5 Å². The maximum Gasteiger partial charge on any atom is 0.268 e. The number of carbonyl (C=O) groups excluding carboxylic acids is 1. The van der Waals surface area contributed by atoms with Crippen molar-refractivity contribution in [1.82, 2.24) is 9.88 Å². The van der Waals surface area contributed by atoms with Gasteiger partial charge in [0, 0.05) is 23.8 Å². The molecule has 1 saturated carbocycles. The molecule has 0 saturated heterocycles. The average Bonchev–Trinajstić information content (AvgIpc) is 2.69. The van der Waals surface area contributed by atoms with Gasteiger partial charge in [0.05, 0.1) is 0 Å². The van der Waals surface area contributed by atoms with E-state index in [1.165, 1.54) is 19.3 Å². The van der Waals surface area contributed by atoms with E-state index < -0.39 is 0 Å². The highest BCUT2D eigenvalue weighted by Gasteiger charge is 2.22. The summed E-state index contributed by atoms with van der Waals surface area (Å²) in [5.41, 5.74) is 0.722. The smallest absolute Gasteiger partial charge is 0.268 e. The van der Waals surface area contributed by atoms with Crippen molar-refractivity contribution < 1.29 is 4.79 Å². The zero-order chi connectivity index (χ0) is 13.1. The third kappa shape index (κ3) is 3.16. The number of carbonyl (C=O) groups is 1. The van der Waals surface area contributed by atoms with Gasteiger partial charge in [-0.05, 0) is 53.6 Å². The van der Waals surface area contributed by atoms with Crippen molar-refractivity contribution in [2.75, 3.05) is 0 Å². The monoisotopic (exact) mass is 312 g/mol. The number of rotatable bonds is 3. The highest BCUT2D eigenvalue weighted by molar-refractivity contribution is 9.10. The summed E-state index contributed by atoms with van der Waals surface area (Å²) in [6.07, 6.45) is 7.91. The lowest BCUT2D eigenvalue weighted by molar-refractivity contribution is 0.0913. The second-order valence-corrected chi connectivity index (χ2v) is 6.17. The van der Waals surface area contributed by atoms with Gasteiger partial charge in [-0.3, -0.25) is 4.79 Å². The van der Waals surface area contributed by atoms with Gasteiger partial charge >= 0.3 is 0 Å². The fourth-order valence-corrected chi connectivity index (χ4v) is 3.25. The van der Waals surface area contributed by atoms with Gasteiger partial charge < -0.3 is 9.88 Å². The lowest BCUT2D eigenvalue weighted by Gasteiger charge is -2.28. The van der Waals surface area contributed by atoms with Gasteiger partial charge in [-0.25, -0.2) is 0 Å². The van der Waals surface area contributed by atoms with Crippen molar-refractivity contribution >= 4 is 21.8 Å². The summed E-state index contributed by atoms with van der Waals surface area (Å²) in [6.45, 7) is 2.26. The quantitative estimate of drug-likeness (QED) is 0.911. The molecule has 1 aromatic rings. The Morgan fingerprint density at radius 1 is 1.44 bits per heavy atom. The number of aromatic nitrogens is 1. The van der Waals surface area contributed by atoms with Crippen LogP contribution in [0.4, 0.5) is 0 Å². The zero-order valence-electron chi connectivity index (χ0n) is 11.1. The van der Waals surface area contributed by atoms with Gasteiger partial charge in [0.15, 0.2) is 0 Å². The largest absolute Gasteiger partial charge is 0.348 e. The van der Waals surface area contributed by atoms with Crippen molar-refractivity contribution in [3.05, 3.63) is 22.4 Å². The van der Waals surface area contributed by atoms with E-state index in [0.29, 0.717) is 6.04 Å². The Bertz CT molecular complexity index is 419. The Balaban J connectivity index is 1.90. The first-order valence-corrected chi connectivity index (χ1v) is 7.52. The summed E-state index contributed by atoms with van der Waals surface area (Å²) in [5, 5.41) is 3.15. The maximum absolute atomic E-state index is 12.1. The highest BCUT2D eigenvalue weighted by atomic mass is 79.9. The zero-order valence-corrected chi connectivity index (χ0v) is 12.7. The number of nitrogens with one attached hydrogen (secondary N) is 1. The van der Waals surface area contributed by atoms with E-state index in [4.69, 9.17) is 0 Å². The van der Waals surface area contributed by atoms with Crippen LogP contribution in [0.15, 0.2) is 16.7 Å². The normalized spacial score (nSPS) is 23.9. The first-order valence-electron chi connectivity index (χ1n) is 6.73. The highest BCUT2D eigenvalue weighted by Crippen LogP contribution is 2.26. The molecule has 1 heterocycles. The molecule has 0 atom stereocenters. The molecule has 4 heteroatoms. The second kappa shape index (κ2) is 5.91. The standard InChI is InChI=1S/C14H21BrN2O/c1-3-10-4-6-12(7-5-10)16-14(18)13-8-11(15)9-17(13)2/h8-10,12H,3-7H2,1-2H3,(H,16,18). The van der Waals surface area contributed by atoms with Crippen molar-refractivity contribution in [3.8, 4) is 0 Å².